The van der Waals surface area contributed by atoms with Crippen LogP contribution in [0.2, 0.25) is 0 Å². The average Bonchev–Trinajstić information content (AvgIpc) is 2.64. The number of aromatic nitrogens is 1. The minimum Gasteiger partial charge on any atom is -0.392 e. The van der Waals surface area contributed by atoms with E-state index < -0.39 is 0 Å². The van der Waals surface area contributed by atoms with E-state index in [1.165, 1.54) is 0 Å². The molecule has 1 saturated heterocycles. The monoisotopic (exact) mass is 236 g/mol. The van der Waals surface area contributed by atoms with Gasteiger partial charge in [-0.3, -0.25) is 4.98 Å². The fraction of sp³-hybridized carbons (Fsp3) is 0.615. The van der Waals surface area contributed by atoms with Crippen molar-refractivity contribution in [3.8, 4) is 0 Å². The zero-order valence-corrected chi connectivity index (χ0v) is 10.3. The first-order valence-electron chi connectivity index (χ1n) is 6.25. The fourth-order valence-corrected chi connectivity index (χ4v) is 2.19. The van der Waals surface area contributed by atoms with Crippen molar-refractivity contribution >= 4 is 5.69 Å². The van der Waals surface area contributed by atoms with Crippen LogP contribution in [0.5, 0.6) is 0 Å². The first-order valence-corrected chi connectivity index (χ1v) is 6.25. The molecule has 0 bridgehead atoms. The van der Waals surface area contributed by atoms with Crippen molar-refractivity contribution in [2.75, 3.05) is 24.6 Å². The summed E-state index contributed by atoms with van der Waals surface area (Å²) in [5.74, 6) is 0. The Hall–Kier alpha value is -1.13. The van der Waals surface area contributed by atoms with Gasteiger partial charge in [0.15, 0.2) is 0 Å². The molecule has 0 amide bonds. The van der Waals surface area contributed by atoms with Crippen LogP contribution in [0.3, 0.4) is 0 Å². The van der Waals surface area contributed by atoms with Gasteiger partial charge in [0.05, 0.1) is 24.6 Å². The molecule has 1 aliphatic heterocycles. The highest BCUT2D eigenvalue weighted by Crippen LogP contribution is 2.22. The summed E-state index contributed by atoms with van der Waals surface area (Å²) in [5.41, 5.74) is 1.98. The lowest BCUT2D eigenvalue weighted by Gasteiger charge is -2.26. The number of hydrogen-bond acceptors (Lipinski definition) is 4. The molecular formula is C13H20N2O2. The zero-order chi connectivity index (χ0) is 12.1. The minimum absolute atomic E-state index is 0.0615. The number of nitrogens with zero attached hydrogens (tertiary/aromatic N) is 2. The van der Waals surface area contributed by atoms with Crippen LogP contribution in [0.15, 0.2) is 18.5 Å². The highest BCUT2D eigenvalue weighted by Gasteiger charge is 2.19. The Labute approximate surface area is 102 Å². The van der Waals surface area contributed by atoms with Gasteiger partial charge >= 0.3 is 0 Å². The molecule has 0 aromatic carbocycles. The first kappa shape index (κ1) is 12.3. The smallest absolute Gasteiger partial charge is 0.0747 e. The van der Waals surface area contributed by atoms with E-state index in [1.54, 1.807) is 6.20 Å². The van der Waals surface area contributed by atoms with E-state index >= 15 is 0 Å². The van der Waals surface area contributed by atoms with E-state index in [0.29, 0.717) is 0 Å². The van der Waals surface area contributed by atoms with E-state index in [1.807, 2.05) is 12.3 Å². The summed E-state index contributed by atoms with van der Waals surface area (Å²) in [6.07, 6.45) is 5.88. The van der Waals surface area contributed by atoms with Gasteiger partial charge in [-0.1, -0.05) is 6.92 Å². The highest BCUT2D eigenvalue weighted by atomic mass is 16.5. The second kappa shape index (κ2) is 5.98. The average molecular weight is 236 g/mol. The molecule has 1 aromatic heterocycles. The van der Waals surface area contributed by atoms with Gasteiger partial charge in [0.1, 0.15) is 0 Å². The van der Waals surface area contributed by atoms with Crippen molar-refractivity contribution in [2.24, 2.45) is 0 Å². The molecule has 94 valence electrons. The molecule has 4 nitrogen and oxygen atoms in total. The number of aliphatic hydroxyl groups excluding tert-OH is 1. The zero-order valence-electron chi connectivity index (χ0n) is 10.3. The molecular weight excluding hydrogens is 216 g/mol. The Balaban J connectivity index is 2.18. The number of rotatable bonds is 3. The Bertz CT molecular complexity index is 357. The SMILES string of the molecule is CCC1CN(c2cnccc2CO)CCCO1. The highest BCUT2D eigenvalue weighted by molar-refractivity contribution is 5.51. The van der Waals surface area contributed by atoms with Gasteiger partial charge in [0.2, 0.25) is 0 Å². The van der Waals surface area contributed by atoms with E-state index in [0.717, 1.165) is 43.8 Å². The van der Waals surface area contributed by atoms with Crippen molar-refractivity contribution in [3.05, 3.63) is 24.0 Å². The molecule has 4 heteroatoms. The molecule has 0 radical (unpaired) electrons. The largest absolute Gasteiger partial charge is 0.392 e. The molecule has 0 saturated carbocycles. The van der Waals surface area contributed by atoms with Crippen LogP contribution in [-0.4, -0.2) is 35.9 Å². The topological polar surface area (TPSA) is 45.6 Å². The number of anilines is 1. The maximum atomic E-state index is 9.36. The van der Waals surface area contributed by atoms with Crippen LogP contribution in [0.1, 0.15) is 25.3 Å². The maximum absolute atomic E-state index is 9.36. The number of aliphatic hydroxyl groups is 1. The summed E-state index contributed by atoms with van der Waals surface area (Å²) in [6.45, 7) is 4.88. The third-order valence-electron chi connectivity index (χ3n) is 3.20. The third kappa shape index (κ3) is 2.96. The maximum Gasteiger partial charge on any atom is 0.0747 e. The van der Waals surface area contributed by atoms with Crippen LogP contribution in [0.25, 0.3) is 0 Å². The van der Waals surface area contributed by atoms with Crippen molar-refractivity contribution in [2.45, 2.75) is 32.5 Å². The number of ether oxygens (including phenoxy) is 1. The van der Waals surface area contributed by atoms with Gasteiger partial charge in [0.25, 0.3) is 0 Å². The lowest BCUT2D eigenvalue weighted by Crippen LogP contribution is -2.32. The molecule has 1 fully saturated rings. The molecule has 2 rings (SSSR count). The molecule has 17 heavy (non-hydrogen) atoms. The summed E-state index contributed by atoms with van der Waals surface area (Å²) in [7, 11) is 0. The van der Waals surface area contributed by atoms with Crippen molar-refractivity contribution in [3.63, 3.8) is 0 Å². The summed E-state index contributed by atoms with van der Waals surface area (Å²) in [5, 5.41) is 9.36. The Kier molecular flexibility index (Phi) is 4.34. The van der Waals surface area contributed by atoms with Gasteiger partial charge in [-0.05, 0) is 18.9 Å². The van der Waals surface area contributed by atoms with Gasteiger partial charge in [-0.2, -0.15) is 0 Å². The van der Waals surface area contributed by atoms with Crippen molar-refractivity contribution in [1.29, 1.82) is 0 Å². The van der Waals surface area contributed by atoms with Gasteiger partial charge in [0, 0.05) is 31.5 Å². The van der Waals surface area contributed by atoms with Gasteiger partial charge < -0.3 is 14.7 Å². The fourth-order valence-electron chi connectivity index (χ4n) is 2.19. The summed E-state index contributed by atoms with van der Waals surface area (Å²) in [4.78, 5) is 6.43. The summed E-state index contributed by atoms with van der Waals surface area (Å²) in [6, 6.07) is 1.88. The minimum atomic E-state index is 0.0615. The molecule has 1 unspecified atom stereocenters. The molecule has 2 heterocycles. The van der Waals surface area contributed by atoms with Gasteiger partial charge in [-0.25, -0.2) is 0 Å². The second-order valence-electron chi connectivity index (χ2n) is 4.36. The van der Waals surface area contributed by atoms with E-state index in [-0.39, 0.29) is 12.7 Å². The Morgan fingerprint density at radius 2 is 2.47 bits per heavy atom. The normalized spacial score (nSPS) is 21.3. The van der Waals surface area contributed by atoms with Crippen LogP contribution >= 0.6 is 0 Å². The predicted molar refractivity (Wildman–Crippen MR) is 67.0 cm³/mol. The molecule has 0 spiro atoms. The van der Waals surface area contributed by atoms with Crippen LogP contribution in [0.4, 0.5) is 5.69 Å². The Morgan fingerprint density at radius 3 is 3.24 bits per heavy atom. The molecule has 1 N–H and O–H groups in total. The van der Waals surface area contributed by atoms with Gasteiger partial charge in [-0.15, -0.1) is 0 Å². The number of pyridine rings is 1. The second-order valence-corrected chi connectivity index (χ2v) is 4.36. The molecule has 1 aliphatic rings. The van der Waals surface area contributed by atoms with E-state index in [4.69, 9.17) is 4.74 Å². The number of hydrogen-bond donors (Lipinski definition) is 1. The van der Waals surface area contributed by atoms with E-state index in [2.05, 4.69) is 16.8 Å². The quantitative estimate of drug-likeness (QED) is 0.865. The predicted octanol–water partition coefficient (Wildman–Crippen LogP) is 1.58. The van der Waals surface area contributed by atoms with Crippen molar-refractivity contribution < 1.29 is 9.84 Å². The molecule has 0 aliphatic carbocycles. The van der Waals surface area contributed by atoms with Crippen LogP contribution in [-0.2, 0) is 11.3 Å². The Morgan fingerprint density at radius 1 is 1.59 bits per heavy atom. The lowest BCUT2D eigenvalue weighted by molar-refractivity contribution is 0.0664. The van der Waals surface area contributed by atoms with Crippen molar-refractivity contribution in [1.82, 2.24) is 4.98 Å². The molecule has 1 aromatic rings. The lowest BCUT2D eigenvalue weighted by atomic mass is 10.2. The summed E-state index contributed by atoms with van der Waals surface area (Å²) >= 11 is 0. The molecule has 1 atom stereocenters. The summed E-state index contributed by atoms with van der Waals surface area (Å²) < 4.78 is 5.75. The standard InChI is InChI=1S/C13H20N2O2/c1-2-12-9-15(6-3-7-17-12)13-8-14-5-4-11(13)10-16/h4-5,8,12,16H,2-3,6-7,9-10H2,1H3. The van der Waals surface area contributed by atoms with Crippen LogP contribution < -0.4 is 4.90 Å². The third-order valence-corrected chi connectivity index (χ3v) is 3.20. The first-order chi connectivity index (χ1) is 8.35. The van der Waals surface area contributed by atoms with Crippen LogP contribution in [0, 0.1) is 0 Å². The van der Waals surface area contributed by atoms with E-state index in [9.17, 15) is 5.11 Å².